The van der Waals surface area contributed by atoms with E-state index >= 15 is 0 Å². The minimum atomic E-state index is 1.25. The molecule has 0 bridgehead atoms. The average molecular weight is 95.9 g/mol. The molecule has 0 spiro atoms. The van der Waals surface area contributed by atoms with Gasteiger partial charge in [-0.15, -0.1) is 0 Å². The van der Waals surface area contributed by atoms with E-state index in [0.29, 0.717) is 0 Å². The van der Waals surface area contributed by atoms with Crippen LogP contribution in [0.1, 0.15) is 0 Å². The van der Waals surface area contributed by atoms with Gasteiger partial charge in [0.05, 0.1) is 0 Å². The molecule has 4 heteroatoms. The summed E-state index contributed by atoms with van der Waals surface area (Å²) in [6.45, 7) is 0. The molecule has 0 saturated heterocycles. The van der Waals surface area contributed by atoms with E-state index in [0.717, 1.165) is 0 Å². The molecule has 0 aromatic heterocycles. The van der Waals surface area contributed by atoms with Gasteiger partial charge < -0.3 is 5.21 Å². The molecule has 0 aliphatic rings. The van der Waals surface area contributed by atoms with Gasteiger partial charge in [0.1, 0.15) is 0 Å². The van der Waals surface area contributed by atoms with Crippen molar-refractivity contribution in [2.45, 2.75) is 0 Å². The fraction of sp³-hybridized carbons (Fsp3) is 0. The quantitative estimate of drug-likeness (QED) is 0.284. The number of hydrogen-bond donors (Lipinski definition) is 3. The van der Waals surface area contributed by atoms with E-state index in [1.54, 1.807) is 0 Å². The van der Waals surface area contributed by atoms with E-state index in [1.165, 1.54) is 20.3 Å². The van der Waals surface area contributed by atoms with E-state index in [9.17, 15) is 0 Å². The zero-order valence-electron chi connectivity index (χ0n) is 2.02. The third-order valence-corrected chi connectivity index (χ3v) is 0. The zero-order valence-corrected chi connectivity index (χ0v) is 3.59. The maximum absolute atomic E-state index is 6.50. The first kappa shape index (κ1) is 8.83. The number of nitrogens with two attached hydrogens (primary N) is 1. The third kappa shape index (κ3) is 26.6. The summed E-state index contributed by atoms with van der Waals surface area (Å²) in [5.74, 6) is 3.50. The van der Waals surface area contributed by atoms with Crippen LogP contribution in [0.15, 0.2) is 0 Å². The van der Waals surface area contributed by atoms with Gasteiger partial charge in [0.15, 0.2) is 0 Å². The molecule has 0 amide bonds. The van der Waals surface area contributed by atoms with Gasteiger partial charge in [-0.3, -0.25) is 0 Å². The molecule has 0 aromatic carbocycles. The summed E-state index contributed by atoms with van der Waals surface area (Å²) in [4.78, 5) is 0. The number of hydrogen-bond acceptors (Lipinski definition) is 3. The van der Waals surface area contributed by atoms with Gasteiger partial charge in [-0.1, -0.05) is 0 Å². The molecule has 0 aliphatic heterocycles. The van der Waals surface area contributed by atoms with E-state index in [-0.39, 0.29) is 0 Å². The second kappa shape index (κ2) is 108. The van der Waals surface area contributed by atoms with Crippen molar-refractivity contribution in [2.24, 2.45) is 5.90 Å². The van der Waals surface area contributed by atoms with Crippen LogP contribution < -0.4 is 5.90 Å². The van der Waals surface area contributed by atoms with Crippen LogP contribution in [0, 0.1) is 3.83 Å². The Kier molecular flexibility index (Phi) is 238. The van der Waals surface area contributed by atoms with Gasteiger partial charge in [0.25, 0.3) is 0 Å². The van der Waals surface area contributed by atoms with Crippen molar-refractivity contribution in [3.63, 3.8) is 0 Å². The SMILES string of the molecule is NO.[NH]=[Ti]. The second-order valence-corrected chi connectivity index (χ2v) is 0. The van der Waals surface area contributed by atoms with E-state index in [1.807, 2.05) is 0 Å². The Morgan fingerprint density at radius 1 is 1.50 bits per heavy atom. The summed E-state index contributed by atoms with van der Waals surface area (Å²) in [6.07, 6.45) is 0. The zero-order chi connectivity index (χ0) is 4.00. The first-order valence-corrected chi connectivity index (χ1v) is 1.29. The molecule has 0 rings (SSSR count). The molecular formula is H4N2OTi. The van der Waals surface area contributed by atoms with Crippen LogP contribution in [-0.4, -0.2) is 5.21 Å². The third-order valence-electron chi connectivity index (χ3n) is 0. The molecule has 0 radical (unpaired) electrons. The van der Waals surface area contributed by atoms with Crippen LogP contribution in [-0.2, 0) is 20.3 Å². The van der Waals surface area contributed by atoms with Gasteiger partial charge in [-0.25, -0.2) is 5.90 Å². The fourth-order valence-corrected chi connectivity index (χ4v) is 0. The van der Waals surface area contributed by atoms with E-state index < -0.39 is 0 Å². The standard InChI is InChI=1S/H3NO.HN.Ti/c1-2;;/h2H,1H2;1H;. The summed E-state index contributed by atoms with van der Waals surface area (Å²) in [5, 5.41) is 6.50. The molecular weight excluding hydrogens is 91.9 g/mol. The maximum atomic E-state index is 6.50. The summed E-state index contributed by atoms with van der Waals surface area (Å²) < 4.78 is 5.75. The molecule has 0 fully saturated rings. The van der Waals surface area contributed by atoms with Crippen molar-refractivity contribution in [2.75, 3.05) is 0 Å². The molecule has 0 heterocycles. The van der Waals surface area contributed by atoms with Crippen LogP contribution in [0.3, 0.4) is 0 Å². The predicted molar refractivity (Wildman–Crippen MR) is 8.69 cm³/mol. The molecule has 4 N–H and O–H groups in total. The summed E-state index contributed by atoms with van der Waals surface area (Å²) in [6, 6.07) is 0. The van der Waals surface area contributed by atoms with Gasteiger partial charge in [0.2, 0.25) is 0 Å². The molecule has 0 atom stereocenters. The van der Waals surface area contributed by atoms with Gasteiger partial charge in [0, 0.05) is 0 Å². The van der Waals surface area contributed by atoms with Crippen molar-refractivity contribution in [1.29, 1.82) is 3.83 Å². The van der Waals surface area contributed by atoms with Crippen molar-refractivity contribution in [3.05, 3.63) is 0 Å². The van der Waals surface area contributed by atoms with E-state index in [2.05, 4.69) is 5.90 Å². The summed E-state index contributed by atoms with van der Waals surface area (Å²) in [5.41, 5.74) is 0. The Labute approximate surface area is 35.8 Å². The molecule has 0 unspecified atom stereocenters. The molecule has 24 valence electrons. The first-order valence-electron chi connectivity index (χ1n) is 0.508. The number of nitrogens with one attached hydrogen (secondary N) is 1. The van der Waals surface area contributed by atoms with Gasteiger partial charge in [-0.05, 0) is 0 Å². The average Bonchev–Trinajstić information content (AvgIpc) is 1.50. The Bertz CT molecular complexity index is 6.00. The molecule has 0 aromatic rings. The predicted octanol–water partition coefficient (Wildman–Crippen LogP) is -0.370. The normalized spacial score (nSPS) is 2.25. The van der Waals surface area contributed by atoms with Crippen molar-refractivity contribution in [3.8, 4) is 0 Å². The molecule has 0 saturated carbocycles. The molecule has 3 nitrogen and oxygen atoms in total. The second-order valence-electron chi connectivity index (χ2n) is 0. The summed E-state index contributed by atoms with van der Waals surface area (Å²) in [7, 11) is 0. The fourth-order valence-electron chi connectivity index (χ4n) is 0. The van der Waals surface area contributed by atoms with Crippen LogP contribution in [0.25, 0.3) is 0 Å². The molecule has 0 aliphatic carbocycles. The number of rotatable bonds is 0. The van der Waals surface area contributed by atoms with Gasteiger partial charge in [-0.2, -0.15) is 0 Å². The topological polar surface area (TPSA) is 70.1 Å². The minimum absolute atomic E-state index is 1.25. The Hall–Kier alpha value is 0.434. The van der Waals surface area contributed by atoms with Crippen LogP contribution in [0.4, 0.5) is 0 Å². The van der Waals surface area contributed by atoms with E-state index in [4.69, 9.17) is 9.04 Å². The van der Waals surface area contributed by atoms with Crippen molar-refractivity contribution in [1.82, 2.24) is 0 Å². The van der Waals surface area contributed by atoms with Crippen LogP contribution in [0.5, 0.6) is 0 Å². The Balaban J connectivity index is 0. The van der Waals surface area contributed by atoms with Crippen molar-refractivity contribution >= 4 is 0 Å². The van der Waals surface area contributed by atoms with Crippen LogP contribution >= 0.6 is 0 Å². The van der Waals surface area contributed by atoms with Gasteiger partial charge >= 0.3 is 24.1 Å². The first-order chi connectivity index (χ1) is 2.00. The Morgan fingerprint density at radius 2 is 1.50 bits per heavy atom. The summed E-state index contributed by atoms with van der Waals surface area (Å²) >= 11 is 1.25. The molecule has 4 heavy (non-hydrogen) atoms. The Morgan fingerprint density at radius 3 is 1.50 bits per heavy atom. The van der Waals surface area contributed by atoms with Crippen molar-refractivity contribution < 1.29 is 25.5 Å². The monoisotopic (exact) mass is 96.0 g/mol. The van der Waals surface area contributed by atoms with Crippen LogP contribution in [0.2, 0.25) is 0 Å².